The molecular formula is C10H20N4O3. The van der Waals surface area contributed by atoms with Crippen molar-refractivity contribution >= 4 is 17.5 Å². The van der Waals surface area contributed by atoms with Gasteiger partial charge >= 0.3 is 0 Å². The van der Waals surface area contributed by atoms with Crippen molar-refractivity contribution in [1.29, 1.82) is 0 Å². The molecule has 2 amide bonds. The molecule has 5 N–H and O–H groups in total. The minimum atomic E-state index is -0.719. The van der Waals surface area contributed by atoms with Crippen LogP contribution in [0.1, 0.15) is 27.2 Å². The summed E-state index contributed by atoms with van der Waals surface area (Å²) in [5.74, 6) is -0.541. The molecule has 0 spiro atoms. The highest BCUT2D eigenvalue weighted by Crippen LogP contribution is 2.05. The Morgan fingerprint density at radius 2 is 1.94 bits per heavy atom. The lowest BCUT2D eigenvalue weighted by Crippen LogP contribution is -2.49. The number of oxime groups is 1. The van der Waals surface area contributed by atoms with E-state index in [1.54, 1.807) is 20.8 Å². The molecule has 0 atom stereocenters. The summed E-state index contributed by atoms with van der Waals surface area (Å²) in [4.78, 5) is 22.3. The van der Waals surface area contributed by atoms with Crippen molar-refractivity contribution in [3.05, 3.63) is 0 Å². The number of nitrogens with two attached hydrogens (primary N) is 1. The smallest absolute Gasteiger partial charge is 0.233 e. The van der Waals surface area contributed by atoms with Crippen LogP contribution in [0.3, 0.4) is 0 Å². The third kappa shape index (κ3) is 5.86. The normalized spacial score (nSPS) is 12.1. The number of nitrogens with one attached hydrogen (secondary N) is 2. The number of hydrogen-bond acceptors (Lipinski definition) is 5. The van der Waals surface area contributed by atoms with Gasteiger partial charge in [-0.3, -0.25) is 9.59 Å². The zero-order chi connectivity index (χ0) is 13.5. The highest BCUT2D eigenvalue weighted by atomic mass is 16.4. The van der Waals surface area contributed by atoms with Crippen molar-refractivity contribution in [2.24, 2.45) is 10.9 Å². The minimum Gasteiger partial charge on any atom is -0.411 e. The first-order valence-corrected chi connectivity index (χ1v) is 5.30. The summed E-state index contributed by atoms with van der Waals surface area (Å²) in [5, 5.41) is 16.9. The molecule has 0 unspecified atom stereocenters. The second kappa shape index (κ2) is 6.85. The van der Waals surface area contributed by atoms with Crippen molar-refractivity contribution in [1.82, 2.24) is 10.6 Å². The predicted molar refractivity (Wildman–Crippen MR) is 63.8 cm³/mol. The first-order valence-electron chi connectivity index (χ1n) is 5.30. The van der Waals surface area contributed by atoms with E-state index in [0.717, 1.165) is 0 Å². The molecule has 0 aliphatic heterocycles. The van der Waals surface area contributed by atoms with Crippen LogP contribution < -0.4 is 16.4 Å². The molecule has 0 radical (unpaired) electrons. The molecule has 0 saturated heterocycles. The van der Waals surface area contributed by atoms with E-state index in [4.69, 9.17) is 10.9 Å². The zero-order valence-electron chi connectivity index (χ0n) is 10.4. The molecule has 0 fully saturated rings. The van der Waals surface area contributed by atoms with Crippen molar-refractivity contribution in [3.8, 4) is 0 Å². The molecular weight excluding hydrogens is 224 g/mol. The number of rotatable bonds is 6. The lowest BCUT2D eigenvalue weighted by Gasteiger charge is -2.25. The molecule has 7 nitrogen and oxygen atoms in total. The van der Waals surface area contributed by atoms with Crippen molar-refractivity contribution in [3.63, 3.8) is 0 Å². The fraction of sp³-hybridized carbons (Fsp3) is 0.700. The van der Waals surface area contributed by atoms with Crippen LogP contribution in [0.4, 0.5) is 0 Å². The molecule has 7 heteroatoms. The molecule has 0 bridgehead atoms. The van der Waals surface area contributed by atoms with Gasteiger partial charge in [-0.15, -0.1) is 0 Å². The first-order chi connectivity index (χ1) is 7.83. The van der Waals surface area contributed by atoms with Crippen molar-refractivity contribution in [2.75, 3.05) is 13.1 Å². The highest BCUT2D eigenvalue weighted by molar-refractivity contribution is 5.94. The summed E-state index contributed by atoms with van der Waals surface area (Å²) < 4.78 is 0. The van der Waals surface area contributed by atoms with Crippen molar-refractivity contribution in [2.45, 2.75) is 32.7 Å². The molecule has 0 rings (SSSR count). The van der Waals surface area contributed by atoms with E-state index in [1.807, 2.05) is 0 Å². The van der Waals surface area contributed by atoms with Crippen LogP contribution in [-0.4, -0.2) is 41.4 Å². The Balaban J connectivity index is 4.06. The predicted octanol–water partition coefficient (Wildman–Crippen LogP) is -0.804. The van der Waals surface area contributed by atoms with E-state index in [1.165, 1.54) is 0 Å². The van der Waals surface area contributed by atoms with Gasteiger partial charge in [-0.2, -0.15) is 0 Å². The van der Waals surface area contributed by atoms with Gasteiger partial charge < -0.3 is 21.6 Å². The quantitative estimate of drug-likeness (QED) is 0.278. The van der Waals surface area contributed by atoms with Gasteiger partial charge in [-0.05, 0) is 20.8 Å². The SMILES string of the molecule is CC(=NO)C(C)(C)NC(=O)CCNC(=O)CN. The van der Waals surface area contributed by atoms with E-state index in [9.17, 15) is 9.59 Å². The summed E-state index contributed by atoms with van der Waals surface area (Å²) in [6, 6.07) is 0. The van der Waals surface area contributed by atoms with E-state index < -0.39 is 5.54 Å². The zero-order valence-corrected chi connectivity index (χ0v) is 10.4. The maximum atomic E-state index is 11.5. The Hall–Kier alpha value is -1.63. The highest BCUT2D eigenvalue weighted by Gasteiger charge is 2.24. The Kier molecular flexibility index (Phi) is 6.19. The van der Waals surface area contributed by atoms with Crippen LogP contribution in [0.2, 0.25) is 0 Å². The maximum Gasteiger partial charge on any atom is 0.233 e. The fourth-order valence-corrected chi connectivity index (χ4v) is 1.01. The minimum absolute atomic E-state index is 0.0939. The Labute approximate surface area is 100 Å². The summed E-state index contributed by atoms with van der Waals surface area (Å²) in [5.41, 5.74) is 4.77. The van der Waals surface area contributed by atoms with Crippen LogP contribution in [0.25, 0.3) is 0 Å². The van der Waals surface area contributed by atoms with Crippen LogP contribution in [0.15, 0.2) is 5.16 Å². The van der Waals surface area contributed by atoms with Gasteiger partial charge in [0.15, 0.2) is 0 Å². The van der Waals surface area contributed by atoms with Crippen LogP contribution in [-0.2, 0) is 9.59 Å². The summed E-state index contributed by atoms with van der Waals surface area (Å²) >= 11 is 0. The third-order valence-electron chi connectivity index (χ3n) is 2.37. The van der Waals surface area contributed by atoms with E-state index >= 15 is 0 Å². The molecule has 17 heavy (non-hydrogen) atoms. The third-order valence-corrected chi connectivity index (χ3v) is 2.37. The van der Waals surface area contributed by atoms with Crippen LogP contribution >= 0.6 is 0 Å². The summed E-state index contributed by atoms with van der Waals surface area (Å²) in [6.07, 6.45) is 0.147. The Bertz CT molecular complexity index is 313. The number of carbonyl (C=O) groups is 2. The number of carbonyl (C=O) groups excluding carboxylic acids is 2. The molecule has 98 valence electrons. The van der Waals surface area contributed by atoms with Gasteiger partial charge in [0.05, 0.1) is 17.8 Å². The van der Waals surface area contributed by atoms with Crippen molar-refractivity contribution < 1.29 is 14.8 Å². The Morgan fingerprint density at radius 3 is 2.41 bits per heavy atom. The molecule has 0 saturated carbocycles. The van der Waals surface area contributed by atoms with Gasteiger partial charge in [-0.1, -0.05) is 5.16 Å². The topological polar surface area (TPSA) is 117 Å². The second-order valence-electron chi connectivity index (χ2n) is 4.16. The van der Waals surface area contributed by atoms with Gasteiger partial charge in [0.25, 0.3) is 0 Å². The molecule has 0 aromatic heterocycles. The molecule has 0 aromatic rings. The molecule has 0 aromatic carbocycles. The first kappa shape index (κ1) is 15.4. The van der Waals surface area contributed by atoms with Gasteiger partial charge in [0.2, 0.25) is 11.8 Å². The van der Waals surface area contributed by atoms with Crippen LogP contribution in [0, 0.1) is 0 Å². The second-order valence-corrected chi connectivity index (χ2v) is 4.16. The van der Waals surface area contributed by atoms with Gasteiger partial charge in [0.1, 0.15) is 0 Å². The molecule has 0 aliphatic rings. The lowest BCUT2D eigenvalue weighted by molar-refractivity contribution is -0.122. The summed E-state index contributed by atoms with van der Waals surface area (Å²) in [6.45, 7) is 5.18. The largest absolute Gasteiger partial charge is 0.411 e. The van der Waals surface area contributed by atoms with E-state index in [-0.39, 0.29) is 31.3 Å². The average molecular weight is 244 g/mol. The average Bonchev–Trinajstić information content (AvgIpc) is 2.26. The van der Waals surface area contributed by atoms with Gasteiger partial charge in [0, 0.05) is 13.0 Å². The monoisotopic (exact) mass is 244 g/mol. The number of nitrogens with zero attached hydrogens (tertiary/aromatic N) is 1. The van der Waals surface area contributed by atoms with E-state index in [2.05, 4.69) is 15.8 Å². The van der Waals surface area contributed by atoms with Gasteiger partial charge in [-0.25, -0.2) is 0 Å². The van der Waals surface area contributed by atoms with Crippen LogP contribution in [0.5, 0.6) is 0 Å². The fourth-order valence-electron chi connectivity index (χ4n) is 1.01. The number of amides is 2. The molecule has 0 aliphatic carbocycles. The Morgan fingerprint density at radius 1 is 1.35 bits per heavy atom. The number of hydrogen-bond donors (Lipinski definition) is 4. The maximum absolute atomic E-state index is 11.5. The standard InChI is InChI=1S/C10H20N4O3/c1-7(14-17)10(2,3)13-8(15)4-5-12-9(16)6-11/h17H,4-6,11H2,1-3H3,(H,12,16)(H,13,15). The molecule has 0 heterocycles. The lowest BCUT2D eigenvalue weighted by atomic mass is 9.99. The van der Waals surface area contributed by atoms with E-state index in [0.29, 0.717) is 5.71 Å². The summed E-state index contributed by atoms with van der Waals surface area (Å²) in [7, 11) is 0.